The summed E-state index contributed by atoms with van der Waals surface area (Å²) in [5.41, 5.74) is 0.975. The van der Waals surface area contributed by atoms with Gasteiger partial charge in [-0.3, -0.25) is 4.79 Å². The maximum atomic E-state index is 11.5. The number of ether oxygens (including phenoxy) is 1. The van der Waals surface area contributed by atoms with Crippen LogP contribution in [0.15, 0.2) is 29.2 Å². The SMILES string of the molecule is CN(C)C(=O)CCSSc1ccccc1NCCOCC(=O)O. The molecule has 0 fully saturated rings. The summed E-state index contributed by atoms with van der Waals surface area (Å²) in [7, 11) is 6.76. The molecule has 0 aromatic heterocycles. The van der Waals surface area contributed by atoms with Crippen molar-refractivity contribution in [3.05, 3.63) is 24.3 Å². The minimum absolute atomic E-state index is 0.125. The first-order valence-corrected chi connectivity index (χ1v) is 9.44. The summed E-state index contributed by atoms with van der Waals surface area (Å²) < 4.78 is 4.99. The highest BCUT2D eigenvalue weighted by molar-refractivity contribution is 8.76. The normalized spacial score (nSPS) is 10.3. The average molecular weight is 358 g/mol. The van der Waals surface area contributed by atoms with Crippen LogP contribution in [-0.4, -0.2) is 61.5 Å². The van der Waals surface area contributed by atoms with Crippen molar-refractivity contribution in [1.29, 1.82) is 0 Å². The van der Waals surface area contributed by atoms with E-state index >= 15 is 0 Å². The standard InChI is InChI=1S/C15H22N2O4S2/c1-17(2)14(18)7-10-22-23-13-6-4-3-5-12(13)16-8-9-21-11-15(19)20/h3-6,16H,7-11H2,1-2H3,(H,19,20). The van der Waals surface area contributed by atoms with Crippen LogP contribution in [0.1, 0.15) is 6.42 Å². The molecule has 0 aliphatic rings. The summed E-state index contributed by atoms with van der Waals surface area (Å²) in [5, 5.41) is 11.7. The Morgan fingerprint density at radius 2 is 2.04 bits per heavy atom. The third kappa shape index (κ3) is 8.73. The van der Waals surface area contributed by atoms with E-state index < -0.39 is 5.97 Å². The van der Waals surface area contributed by atoms with E-state index in [0.717, 1.165) is 16.3 Å². The predicted molar refractivity (Wildman–Crippen MR) is 95.0 cm³/mol. The van der Waals surface area contributed by atoms with Crippen LogP contribution in [0.3, 0.4) is 0 Å². The number of nitrogens with one attached hydrogen (secondary N) is 1. The van der Waals surface area contributed by atoms with Crippen LogP contribution in [0.4, 0.5) is 5.69 Å². The number of aliphatic carboxylic acids is 1. The number of nitrogens with zero attached hydrogens (tertiary/aromatic N) is 1. The zero-order valence-electron chi connectivity index (χ0n) is 13.3. The number of hydrogen-bond donors (Lipinski definition) is 2. The lowest BCUT2D eigenvalue weighted by molar-refractivity contribution is -0.142. The maximum absolute atomic E-state index is 11.5. The molecule has 2 N–H and O–H groups in total. The highest BCUT2D eigenvalue weighted by Gasteiger charge is 2.06. The van der Waals surface area contributed by atoms with Crippen LogP contribution in [0.2, 0.25) is 0 Å². The smallest absolute Gasteiger partial charge is 0.329 e. The molecule has 0 spiro atoms. The molecule has 0 unspecified atom stereocenters. The number of carboxylic acid groups (broad SMARTS) is 1. The Balaban J connectivity index is 2.32. The largest absolute Gasteiger partial charge is 0.480 e. The van der Waals surface area contributed by atoms with Gasteiger partial charge in [0, 0.05) is 43.4 Å². The van der Waals surface area contributed by atoms with E-state index in [0.29, 0.717) is 19.6 Å². The van der Waals surface area contributed by atoms with Gasteiger partial charge in [-0.25, -0.2) is 4.79 Å². The number of benzene rings is 1. The first-order chi connectivity index (χ1) is 11.0. The van der Waals surface area contributed by atoms with Crippen molar-refractivity contribution in [2.45, 2.75) is 11.3 Å². The van der Waals surface area contributed by atoms with Gasteiger partial charge in [0.1, 0.15) is 6.61 Å². The Morgan fingerprint density at radius 3 is 2.74 bits per heavy atom. The van der Waals surface area contributed by atoms with Gasteiger partial charge >= 0.3 is 5.97 Å². The van der Waals surface area contributed by atoms with Crippen LogP contribution < -0.4 is 5.32 Å². The molecule has 0 heterocycles. The van der Waals surface area contributed by atoms with Gasteiger partial charge in [-0.1, -0.05) is 33.7 Å². The van der Waals surface area contributed by atoms with Crippen molar-refractivity contribution < 1.29 is 19.4 Å². The van der Waals surface area contributed by atoms with Crippen LogP contribution in [0.25, 0.3) is 0 Å². The third-order valence-corrected chi connectivity index (χ3v) is 5.14. The number of anilines is 1. The lowest BCUT2D eigenvalue weighted by atomic mass is 10.3. The van der Waals surface area contributed by atoms with E-state index in [9.17, 15) is 9.59 Å². The Morgan fingerprint density at radius 1 is 1.30 bits per heavy atom. The van der Waals surface area contributed by atoms with Gasteiger partial charge in [0.05, 0.1) is 6.61 Å². The molecule has 1 rings (SSSR count). The number of amides is 1. The topological polar surface area (TPSA) is 78.9 Å². The Labute approximate surface area is 144 Å². The van der Waals surface area contributed by atoms with E-state index in [1.807, 2.05) is 24.3 Å². The molecule has 1 aromatic rings. The number of carboxylic acids is 1. The lowest BCUT2D eigenvalue weighted by Crippen LogP contribution is -2.21. The number of rotatable bonds is 11. The minimum atomic E-state index is -0.968. The summed E-state index contributed by atoms with van der Waals surface area (Å²) in [6.45, 7) is 0.582. The van der Waals surface area contributed by atoms with Gasteiger partial charge in [0.15, 0.2) is 0 Å². The van der Waals surface area contributed by atoms with Crippen LogP contribution >= 0.6 is 21.6 Å². The van der Waals surface area contributed by atoms with Crippen LogP contribution in [-0.2, 0) is 14.3 Å². The van der Waals surface area contributed by atoms with Crippen molar-refractivity contribution in [3.63, 3.8) is 0 Å². The van der Waals surface area contributed by atoms with Gasteiger partial charge in [-0.2, -0.15) is 0 Å². The van der Waals surface area contributed by atoms with Crippen molar-refractivity contribution >= 4 is 39.2 Å². The number of hydrogen-bond acceptors (Lipinski definition) is 6. The third-order valence-electron chi connectivity index (χ3n) is 2.72. The van der Waals surface area contributed by atoms with Crippen LogP contribution in [0, 0.1) is 0 Å². The van der Waals surface area contributed by atoms with Gasteiger partial charge in [0.25, 0.3) is 0 Å². The summed E-state index contributed by atoms with van der Waals surface area (Å²) in [4.78, 5) is 24.5. The average Bonchev–Trinajstić information content (AvgIpc) is 2.51. The first-order valence-electron chi connectivity index (χ1n) is 7.12. The second-order valence-corrected chi connectivity index (χ2v) is 7.27. The molecular formula is C15H22N2O4S2. The minimum Gasteiger partial charge on any atom is -0.480 e. The molecule has 6 nitrogen and oxygen atoms in total. The molecule has 0 bridgehead atoms. The van der Waals surface area contributed by atoms with Crippen LogP contribution in [0.5, 0.6) is 0 Å². The molecule has 0 radical (unpaired) electrons. The maximum Gasteiger partial charge on any atom is 0.329 e. The lowest BCUT2D eigenvalue weighted by Gasteiger charge is -2.12. The van der Waals surface area contributed by atoms with Crippen molar-refractivity contribution in [2.24, 2.45) is 0 Å². The number of para-hydroxylation sites is 1. The van der Waals surface area contributed by atoms with E-state index in [2.05, 4.69) is 5.32 Å². The number of carbonyl (C=O) groups excluding carboxylic acids is 1. The van der Waals surface area contributed by atoms with Gasteiger partial charge in [-0.15, -0.1) is 0 Å². The van der Waals surface area contributed by atoms with E-state index in [4.69, 9.17) is 9.84 Å². The van der Waals surface area contributed by atoms with Gasteiger partial charge in [0.2, 0.25) is 5.91 Å². The molecule has 0 aliphatic carbocycles. The molecule has 1 amide bonds. The molecule has 0 saturated carbocycles. The second kappa shape index (κ2) is 11.2. The summed E-state index contributed by atoms with van der Waals surface area (Å²) in [6, 6.07) is 7.86. The van der Waals surface area contributed by atoms with Crippen molar-refractivity contribution in [2.75, 3.05) is 44.9 Å². The highest BCUT2D eigenvalue weighted by Crippen LogP contribution is 2.36. The molecule has 8 heteroatoms. The highest BCUT2D eigenvalue weighted by atomic mass is 33.1. The molecule has 23 heavy (non-hydrogen) atoms. The zero-order chi connectivity index (χ0) is 17.1. The van der Waals surface area contributed by atoms with Gasteiger partial charge < -0.3 is 20.1 Å². The predicted octanol–water partition coefficient (Wildman–Crippen LogP) is 2.42. The Kier molecular flexibility index (Phi) is 9.58. The second-order valence-electron chi connectivity index (χ2n) is 4.81. The Hall–Kier alpha value is -1.38. The number of carbonyl (C=O) groups is 2. The quantitative estimate of drug-likeness (QED) is 0.464. The molecule has 128 valence electrons. The fraction of sp³-hybridized carbons (Fsp3) is 0.467. The molecule has 0 atom stereocenters. The van der Waals surface area contributed by atoms with E-state index in [1.54, 1.807) is 40.6 Å². The molecule has 1 aromatic carbocycles. The summed E-state index contributed by atoms with van der Waals surface area (Å²) >= 11 is 0. The summed E-state index contributed by atoms with van der Waals surface area (Å²) in [5.74, 6) is -0.0951. The fourth-order valence-corrected chi connectivity index (χ4v) is 3.71. The first kappa shape index (κ1) is 19.7. The monoisotopic (exact) mass is 358 g/mol. The zero-order valence-corrected chi connectivity index (χ0v) is 14.9. The van der Waals surface area contributed by atoms with E-state index in [1.165, 1.54) is 0 Å². The van der Waals surface area contributed by atoms with Gasteiger partial charge in [-0.05, 0) is 12.1 Å². The Bertz CT molecular complexity index is 512. The summed E-state index contributed by atoms with van der Waals surface area (Å²) in [6.07, 6.45) is 0.517. The molecule has 0 aliphatic heterocycles. The van der Waals surface area contributed by atoms with Crippen molar-refractivity contribution in [1.82, 2.24) is 4.90 Å². The van der Waals surface area contributed by atoms with Crippen molar-refractivity contribution in [3.8, 4) is 0 Å². The fourth-order valence-electron chi connectivity index (χ4n) is 1.56. The molecular weight excluding hydrogens is 336 g/mol. The molecule has 0 saturated heterocycles. The van der Waals surface area contributed by atoms with E-state index in [-0.39, 0.29) is 12.5 Å².